The quantitative estimate of drug-likeness (QED) is 0.326. The van der Waals surface area contributed by atoms with Gasteiger partial charge in [0.1, 0.15) is 5.03 Å². The van der Waals surface area contributed by atoms with E-state index in [4.69, 9.17) is 10.2 Å². The lowest BCUT2D eigenvalue weighted by Gasteiger charge is -2.41. The molecule has 5 nitrogen and oxygen atoms in total. The second kappa shape index (κ2) is 9.14. The summed E-state index contributed by atoms with van der Waals surface area (Å²) in [5, 5.41) is 18.8. The molecule has 5 rings (SSSR count). The zero-order chi connectivity index (χ0) is 23.9. The minimum atomic E-state index is -0.909. The van der Waals surface area contributed by atoms with Crippen molar-refractivity contribution < 1.29 is 9.90 Å². The maximum Gasteiger partial charge on any atom is 0.335 e. The van der Waals surface area contributed by atoms with Gasteiger partial charge in [0.05, 0.1) is 18.3 Å². The number of hydrogen-bond donors (Lipinski definition) is 2. The summed E-state index contributed by atoms with van der Waals surface area (Å²) in [5.74, 6) is 1.50. The summed E-state index contributed by atoms with van der Waals surface area (Å²) in [6.45, 7) is 11.4. The first kappa shape index (κ1) is 23.0. The van der Waals surface area contributed by atoms with Crippen molar-refractivity contribution in [3.8, 4) is 0 Å². The topological polar surface area (TPSA) is 67.2 Å². The van der Waals surface area contributed by atoms with E-state index in [1.54, 1.807) is 17.7 Å². The van der Waals surface area contributed by atoms with Crippen molar-refractivity contribution in [2.45, 2.75) is 56.6 Å². The van der Waals surface area contributed by atoms with E-state index in [0.717, 1.165) is 46.4 Å². The fourth-order valence-corrected chi connectivity index (χ4v) is 7.12. The monoisotopic (exact) mass is 475 g/mol. The van der Waals surface area contributed by atoms with E-state index >= 15 is 0 Å². The van der Waals surface area contributed by atoms with Crippen molar-refractivity contribution >= 4 is 23.4 Å². The summed E-state index contributed by atoms with van der Waals surface area (Å²) < 4.78 is 2.02. The van der Waals surface area contributed by atoms with Gasteiger partial charge < -0.3 is 10.4 Å². The molecule has 3 aliphatic rings. The highest BCUT2D eigenvalue weighted by atomic mass is 32.2. The fourth-order valence-electron chi connectivity index (χ4n) is 6.13. The fraction of sp³-hybridized carbons (Fsp3) is 0.429. The van der Waals surface area contributed by atoms with Crippen molar-refractivity contribution in [2.24, 2.45) is 17.3 Å². The molecule has 178 valence electrons. The minimum absolute atomic E-state index is 0.134. The molecule has 1 aromatic carbocycles. The van der Waals surface area contributed by atoms with E-state index in [2.05, 4.69) is 37.6 Å². The summed E-state index contributed by atoms with van der Waals surface area (Å²) in [4.78, 5) is 11.2. The van der Waals surface area contributed by atoms with Crippen LogP contribution in [0, 0.1) is 17.3 Å². The number of carbonyl (C=O) groups is 1. The van der Waals surface area contributed by atoms with Gasteiger partial charge in [0, 0.05) is 28.6 Å². The Kier molecular flexibility index (Phi) is 6.19. The van der Waals surface area contributed by atoms with Gasteiger partial charge in [-0.3, -0.25) is 4.68 Å². The van der Waals surface area contributed by atoms with E-state index in [-0.39, 0.29) is 5.41 Å². The van der Waals surface area contributed by atoms with Crippen molar-refractivity contribution in [2.75, 3.05) is 5.75 Å². The second-order valence-electron chi connectivity index (χ2n) is 10.1. The molecule has 0 radical (unpaired) electrons. The van der Waals surface area contributed by atoms with E-state index in [9.17, 15) is 4.79 Å². The third kappa shape index (κ3) is 4.24. The van der Waals surface area contributed by atoms with Gasteiger partial charge in [-0.15, -0.1) is 18.3 Å². The second-order valence-corrected chi connectivity index (χ2v) is 11.2. The standard InChI is InChI=1S/C28H33N3O2S/c1-4-10-34-26-24(16-29-31(26)17-19-6-8-21(9-7-19)27(32)33)18(3)30-25-15-28(5-2)13-20-11-22(14-28)23(25)12-20/h5-9,14,16,20,23,25,30H,2-4,10-13,15,17H2,1H3,(H,32,33)/t20-,23?,25?,28?/m1/s1. The molecule has 6 heteroatoms. The van der Waals surface area contributed by atoms with Gasteiger partial charge in [0.15, 0.2) is 0 Å². The Bertz CT molecular complexity index is 1150. The van der Waals surface area contributed by atoms with E-state index < -0.39 is 5.97 Å². The molecule has 2 N–H and O–H groups in total. The minimum Gasteiger partial charge on any atom is -0.478 e. The number of thioether (sulfide) groups is 1. The van der Waals surface area contributed by atoms with E-state index in [1.165, 1.54) is 19.3 Å². The summed E-state index contributed by atoms with van der Waals surface area (Å²) in [6.07, 6.45) is 12.5. The maximum atomic E-state index is 11.2. The van der Waals surface area contributed by atoms with Crippen LogP contribution in [0.2, 0.25) is 0 Å². The zero-order valence-corrected chi connectivity index (χ0v) is 20.6. The van der Waals surface area contributed by atoms with Crippen LogP contribution in [0.3, 0.4) is 0 Å². The molecular formula is C28H33N3O2S. The average Bonchev–Trinajstić information content (AvgIpc) is 3.33. The van der Waals surface area contributed by atoms with Gasteiger partial charge in [-0.1, -0.05) is 43.4 Å². The lowest BCUT2D eigenvalue weighted by atomic mass is 9.67. The summed E-state index contributed by atoms with van der Waals surface area (Å²) in [7, 11) is 0. The Labute approximate surface area is 206 Å². The molecule has 3 bridgehead atoms. The number of nitrogens with zero attached hydrogens (tertiary/aromatic N) is 2. The van der Waals surface area contributed by atoms with Crippen LogP contribution >= 0.6 is 11.8 Å². The highest BCUT2D eigenvalue weighted by molar-refractivity contribution is 7.99. The smallest absolute Gasteiger partial charge is 0.335 e. The average molecular weight is 476 g/mol. The molecule has 3 unspecified atom stereocenters. The number of benzene rings is 1. The molecule has 4 atom stereocenters. The summed E-state index contributed by atoms with van der Waals surface area (Å²) in [5.41, 5.74) is 5.09. The van der Waals surface area contributed by atoms with Crippen LogP contribution in [-0.2, 0) is 6.54 Å². The van der Waals surface area contributed by atoms with Crippen molar-refractivity contribution in [1.82, 2.24) is 15.1 Å². The van der Waals surface area contributed by atoms with Gasteiger partial charge in [-0.25, -0.2) is 4.79 Å². The first-order chi connectivity index (χ1) is 16.4. The van der Waals surface area contributed by atoms with Crippen molar-refractivity contribution in [3.05, 3.63) is 78.0 Å². The largest absolute Gasteiger partial charge is 0.478 e. The Balaban J connectivity index is 1.36. The number of aromatic carboxylic acids is 1. The van der Waals surface area contributed by atoms with Crippen LogP contribution in [0.15, 0.2) is 66.4 Å². The summed E-state index contributed by atoms with van der Waals surface area (Å²) >= 11 is 1.81. The van der Waals surface area contributed by atoms with Gasteiger partial charge in [0.2, 0.25) is 0 Å². The maximum absolute atomic E-state index is 11.2. The number of carboxylic acid groups (broad SMARTS) is 1. The molecule has 1 aromatic heterocycles. The Morgan fingerprint density at radius 1 is 1.35 bits per heavy atom. The van der Waals surface area contributed by atoms with Gasteiger partial charge in [-0.05, 0) is 61.5 Å². The predicted molar refractivity (Wildman–Crippen MR) is 138 cm³/mol. The molecule has 0 aliphatic heterocycles. The number of hydrogen-bond acceptors (Lipinski definition) is 4. The highest BCUT2D eigenvalue weighted by Crippen LogP contribution is 2.57. The van der Waals surface area contributed by atoms with Gasteiger partial charge in [0.25, 0.3) is 0 Å². The number of fused-ring (bicyclic) bond motifs is 2. The molecule has 0 spiro atoms. The van der Waals surface area contributed by atoms with Gasteiger partial charge >= 0.3 is 5.97 Å². The highest BCUT2D eigenvalue weighted by Gasteiger charge is 2.49. The molecule has 0 saturated heterocycles. The van der Waals surface area contributed by atoms with E-state index in [1.807, 2.05) is 34.8 Å². The molecule has 34 heavy (non-hydrogen) atoms. The molecular weight excluding hydrogens is 442 g/mol. The first-order valence-corrected chi connectivity index (χ1v) is 13.2. The molecule has 3 aliphatic carbocycles. The number of nitrogens with one attached hydrogen (secondary N) is 1. The predicted octanol–water partition coefficient (Wildman–Crippen LogP) is 5.99. The van der Waals surface area contributed by atoms with Crippen LogP contribution in [0.25, 0.3) is 5.70 Å². The van der Waals surface area contributed by atoms with Crippen LogP contribution in [0.1, 0.15) is 60.5 Å². The summed E-state index contributed by atoms with van der Waals surface area (Å²) in [6, 6.07) is 7.41. The molecule has 2 aromatic rings. The number of rotatable bonds is 10. The number of aromatic nitrogens is 2. The van der Waals surface area contributed by atoms with Crippen LogP contribution in [0.4, 0.5) is 0 Å². The number of allylic oxidation sites excluding steroid dienone is 2. The van der Waals surface area contributed by atoms with E-state index in [0.29, 0.717) is 24.1 Å². The Morgan fingerprint density at radius 2 is 2.15 bits per heavy atom. The normalized spacial score (nSPS) is 26.9. The van der Waals surface area contributed by atoms with Crippen molar-refractivity contribution in [3.63, 3.8) is 0 Å². The molecule has 1 saturated carbocycles. The SMILES string of the molecule is C=CC12C=C3C[C@H](CC3C(NC(=C)c3cnn(Cc4ccc(C(=O)O)cc4)c3SCCC)C1)C2. The zero-order valence-electron chi connectivity index (χ0n) is 19.8. The molecule has 0 amide bonds. The van der Waals surface area contributed by atoms with Crippen LogP contribution in [-0.4, -0.2) is 32.7 Å². The lowest BCUT2D eigenvalue weighted by molar-refractivity contribution is 0.0697. The van der Waals surface area contributed by atoms with Crippen LogP contribution < -0.4 is 5.32 Å². The molecule has 1 fully saturated rings. The Morgan fingerprint density at radius 3 is 2.85 bits per heavy atom. The Hall–Kier alpha value is -2.73. The molecule has 1 heterocycles. The lowest BCUT2D eigenvalue weighted by Crippen LogP contribution is -2.41. The third-order valence-electron chi connectivity index (χ3n) is 7.67. The van der Waals surface area contributed by atoms with Crippen molar-refractivity contribution in [1.29, 1.82) is 0 Å². The van der Waals surface area contributed by atoms with Gasteiger partial charge in [-0.2, -0.15) is 5.10 Å². The van der Waals surface area contributed by atoms with Crippen LogP contribution in [0.5, 0.6) is 0 Å². The number of carboxylic acids is 1. The third-order valence-corrected chi connectivity index (χ3v) is 8.99. The first-order valence-electron chi connectivity index (χ1n) is 12.2.